The summed E-state index contributed by atoms with van der Waals surface area (Å²) in [5, 5.41) is 3.27. The Bertz CT molecular complexity index is 456. The van der Waals surface area contributed by atoms with Crippen molar-refractivity contribution in [2.75, 3.05) is 33.4 Å². The van der Waals surface area contributed by atoms with Gasteiger partial charge >= 0.3 is 0 Å². The number of para-hydroxylation sites is 2. The lowest BCUT2D eigenvalue weighted by Gasteiger charge is -2.34. The van der Waals surface area contributed by atoms with E-state index in [1.165, 1.54) is 0 Å². The van der Waals surface area contributed by atoms with Gasteiger partial charge in [0, 0.05) is 25.7 Å². The molecule has 2 rings (SSSR count). The number of carbonyl (C=O) groups is 1. The maximum absolute atomic E-state index is 12.1. The Morgan fingerprint density at radius 2 is 2.10 bits per heavy atom. The molecule has 1 aliphatic rings. The fraction of sp³-hybridized carbons (Fsp3) is 0.533. The summed E-state index contributed by atoms with van der Waals surface area (Å²) in [7, 11) is 1.61. The molecule has 1 heterocycles. The highest BCUT2D eigenvalue weighted by Crippen LogP contribution is 2.25. The SMILES string of the molecule is COc1ccccc1OCCC(=O)N1CCNCC1C.Cl. The number of amides is 1. The van der Waals surface area contributed by atoms with Crippen LogP contribution in [0.4, 0.5) is 0 Å². The molecule has 5 nitrogen and oxygen atoms in total. The molecular formula is C15H23ClN2O3. The lowest BCUT2D eigenvalue weighted by atomic mass is 10.2. The van der Waals surface area contributed by atoms with Crippen molar-refractivity contribution in [3.8, 4) is 11.5 Å². The summed E-state index contributed by atoms with van der Waals surface area (Å²) < 4.78 is 10.8. The zero-order valence-corrected chi connectivity index (χ0v) is 13.3. The van der Waals surface area contributed by atoms with Gasteiger partial charge in [0.25, 0.3) is 0 Å². The molecule has 0 aromatic heterocycles. The smallest absolute Gasteiger partial charge is 0.226 e. The molecule has 1 aromatic rings. The second-order valence-electron chi connectivity index (χ2n) is 4.89. The molecule has 1 fully saturated rings. The van der Waals surface area contributed by atoms with Crippen LogP contribution in [0.2, 0.25) is 0 Å². The van der Waals surface area contributed by atoms with Gasteiger partial charge in [-0.15, -0.1) is 12.4 Å². The number of methoxy groups -OCH3 is 1. The van der Waals surface area contributed by atoms with Crippen LogP contribution in [-0.2, 0) is 4.79 Å². The summed E-state index contributed by atoms with van der Waals surface area (Å²) in [6, 6.07) is 7.71. The number of hydrogen-bond acceptors (Lipinski definition) is 4. The Morgan fingerprint density at radius 1 is 1.38 bits per heavy atom. The van der Waals surface area contributed by atoms with E-state index in [0.29, 0.717) is 24.5 Å². The van der Waals surface area contributed by atoms with E-state index in [1.54, 1.807) is 7.11 Å². The van der Waals surface area contributed by atoms with Crippen molar-refractivity contribution in [1.29, 1.82) is 0 Å². The van der Waals surface area contributed by atoms with Crippen LogP contribution in [0.5, 0.6) is 11.5 Å². The number of rotatable bonds is 5. The molecule has 1 N–H and O–H groups in total. The Balaban J connectivity index is 0.00000220. The van der Waals surface area contributed by atoms with Gasteiger partial charge in [-0.1, -0.05) is 12.1 Å². The maximum atomic E-state index is 12.1. The van der Waals surface area contributed by atoms with E-state index in [-0.39, 0.29) is 24.4 Å². The van der Waals surface area contributed by atoms with Gasteiger partial charge in [-0.3, -0.25) is 4.79 Å². The summed E-state index contributed by atoms with van der Waals surface area (Å²) in [5.74, 6) is 1.51. The molecule has 1 unspecified atom stereocenters. The number of nitrogens with one attached hydrogen (secondary N) is 1. The Kier molecular flexibility index (Phi) is 7.32. The summed E-state index contributed by atoms with van der Waals surface area (Å²) in [6.45, 7) is 4.93. The molecule has 1 aromatic carbocycles. The van der Waals surface area contributed by atoms with E-state index in [9.17, 15) is 4.79 Å². The average molecular weight is 315 g/mol. The first-order valence-electron chi connectivity index (χ1n) is 6.98. The van der Waals surface area contributed by atoms with Crippen molar-refractivity contribution in [1.82, 2.24) is 10.2 Å². The van der Waals surface area contributed by atoms with Crippen molar-refractivity contribution in [2.45, 2.75) is 19.4 Å². The fourth-order valence-corrected chi connectivity index (χ4v) is 2.34. The average Bonchev–Trinajstić information content (AvgIpc) is 2.48. The number of piperazine rings is 1. The summed E-state index contributed by atoms with van der Waals surface area (Å²) in [5.41, 5.74) is 0. The number of benzene rings is 1. The van der Waals surface area contributed by atoms with E-state index < -0.39 is 0 Å². The number of hydrogen-bond donors (Lipinski definition) is 1. The lowest BCUT2D eigenvalue weighted by Crippen LogP contribution is -2.52. The monoisotopic (exact) mass is 314 g/mol. The van der Waals surface area contributed by atoms with Gasteiger partial charge in [0.05, 0.1) is 20.1 Å². The lowest BCUT2D eigenvalue weighted by molar-refractivity contribution is -0.134. The molecule has 0 radical (unpaired) electrons. The Hall–Kier alpha value is -1.46. The second-order valence-corrected chi connectivity index (χ2v) is 4.89. The first kappa shape index (κ1) is 17.6. The fourth-order valence-electron chi connectivity index (χ4n) is 2.34. The van der Waals surface area contributed by atoms with Crippen LogP contribution in [0.15, 0.2) is 24.3 Å². The number of halogens is 1. The number of nitrogens with zero attached hydrogens (tertiary/aromatic N) is 1. The quantitative estimate of drug-likeness (QED) is 0.899. The van der Waals surface area contributed by atoms with Crippen LogP contribution in [0.3, 0.4) is 0 Å². The molecule has 0 spiro atoms. The molecule has 1 aliphatic heterocycles. The third kappa shape index (κ3) is 4.79. The molecule has 1 saturated heterocycles. The van der Waals surface area contributed by atoms with Gasteiger partial charge in [0.2, 0.25) is 5.91 Å². The molecule has 0 saturated carbocycles. The molecule has 0 aliphatic carbocycles. The van der Waals surface area contributed by atoms with Gasteiger partial charge in [0.15, 0.2) is 11.5 Å². The first-order chi connectivity index (χ1) is 9.72. The van der Waals surface area contributed by atoms with Gasteiger partial charge in [0.1, 0.15) is 0 Å². The second kappa shape index (κ2) is 8.74. The van der Waals surface area contributed by atoms with Crippen LogP contribution < -0.4 is 14.8 Å². The van der Waals surface area contributed by atoms with Crippen LogP contribution in [0.25, 0.3) is 0 Å². The van der Waals surface area contributed by atoms with Crippen LogP contribution in [0.1, 0.15) is 13.3 Å². The molecule has 118 valence electrons. The van der Waals surface area contributed by atoms with E-state index in [1.807, 2.05) is 29.2 Å². The van der Waals surface area contributed by atoms with Crippen molar-refractivity contribution >= 4 is 18.3 Å². The Labute approximate surface area is 132 Å². The standard InChI is InChI=1S/C15H22N2O3.ClH/c1-12-11-16-8-9-17(12)15(18)7-10-20-14-6-4-3-5-13(14)19-2;/h3-6,12,16H,7-11H2,1-2H3;1H. The molecule has 1 atom stereocenters. The highest BCUT2D eigenvalue weighted by atomic mass is 35.5. The van der Waals surface area contributed by atoms with Crippen molar-refractivity contribution in [2.24, 2.45) is 0 Å². The van der Waals surface area contributed by atoms with Gasteiger partial charge in [-0.05, 0) is 19.1 Å². The number of ether oxygens (including phenoxy) is 2. The summed E-state index contributed by atoms with van der Waals surface area (Å²) in [4.78, 5) is 14.1. The molecule has 21 heavy (non-hydrogen) atoms. The maximum Gasteiger partial charge on any atom is 0.226 e. The summed E-state index contributed by atoms with van der Waals surface area (Å²) in [6.07, 6.45) is 0.391. The number of carbonyl (C=O) groups excluding carboxylic acids is 1. The van der Waals surface area contributed by atoms with E-state index in [0.717, 1.165) is 19.6 Å². The molecule has 1 amide bonds. The van der Waals surface area contributed by atoms with Crippen LogP contribution >= 0.6 is 12.4 Å². The van der Waals surface area contributed by atoms with Gasteiger partial charge < -0.3 is 19.7 Å². The highest BCUT2D eigenvalue weighted by molar-refractivity contribution is 5.85. The highest BCUT2D eigenvalue weighted by Gasteiger charge is 2.22. The van der Waals surface area contributed by atoms with Crippen LogP contribution in [0, 0.1) is 0 Å². The Morgan fingerprint density at radius 3 is 2.76 bits per heavy atom. The third-order valence-electron chi connectivity index (χ3n) is 3.46. The van der Waals surface area contributed by atoms with Crippen molar-refractivity contribution in [3.05, 3.63) is 24.3 Å². The molecule has 6 heteroatoms. The first-order valence-corrected chi connectivity index (χ1v) is 6.98. The predicted octanol–water partition coefficient (Wildman–Crippen LogP) is 1.71. The van der Waals surface area contributed by atoms with Crippen molar-refractivity contribution < 1.29 is 14.3 Å². The normalized spacial score (nSPS) is 17.8. The molecule has 0 bridgehead atoms. The minimum absolute atomic E-state index is 0. The third-order valence-corrected chi connectivity index (χ3v) is 3.46. The largest absolute Gasteiger partial charge is 0.493 e. The zero-order chi connectivity index (χ0) is 14.4. The van der Waals surface area contributed by atoms with E-state index in [4.69, 9.17) is 9.47 Å². The predicted molar refractivity (Wildman–Crippen MR) is 84.4 cm³/mol. The van der Waals surface area contributed by atoms with E-state index in [2.05, 4.69) is 12.2 Å². The topological polar surface area (TPSA) is 50.8 Å². The summed E-state index contributed by atoms with van der Waals surface area (Å²) >= 11 is 0. The minimum Gasteiger partial charge on any atom is -0.493 e. The van der Waals surface area contributed by atoms with E-state index >= 15 is 0 Å². The van der Waals surface area contributed by atoms with Gasteiger partial charge in [-0.2, -0.15) is 0 Å². The van der Waals surface area contributed by atoms with Crippen molar-refractivity contribution in [3.63, 3.8) is 0 Å². The zero-order valence-electron chi connectivity index (χ0n) is 12.5. The molecular weight excluding hydrogens is 292 g/mol. The van der Waals surface area contributed by atoms with Gasteiger partial charge in [-0.25, -0.2) is 0 Å². The minimum atomic E-state index is 0. The van der Waals surface area contributed by atoms with Crippen LogP contribution in [-0.4, -0.2) is 50.2 Å².